The molecule has 0 unspecified atom stereocenters. The molecule has 0 saturated heterocycles. The average molecular weight is 348 g/mol. The zero-order chi connectivity index (χ0) is 18.3. The summed E-state index contributed by atoms with van der Waals surface area (Å²) in [4.78, 5) is 30.9. The van der Waals surface area contributed by atoms with Gasteiger partial charge >= 0.3 is 0 Å². The van der Waals surface area contributed by atoms with Crippen LogP contribution in [0.4, 0.5) is 0 Å². The number of H-pyrrole nitrogens is 1. The summed E-state index contributed by atoms with van der Waals surface area (Å²) in [6, 6.07) is 12.4. The third-order valence-electron chi connectivity index (χ3n) is 4.30. The minimum atomic E-state index is -0.442. The van der Waals surface area contributed by atoms with Gasteiger partial charge in [-0.2, -0.15) is 0 Å². The monoisotopic (exact) mass is 348 g/mol. The van der Waals surface area contributed by atoms with Crippen LogP contribution in [-0.2, 0) is 11.2 Å². The van der Waals surface area contributed by atoms with Crippen LogP contribution in [0.15, 0.2) is 53.5 Å². The Bertz CT molecular complexity index is 1210. The van der Waals surface area contributed by atoms with Gasteiger partial charge in [-0.05, 0) is 30.3 Å². The SMILES string of the molecule is COc1ccc(-c2nc3ccccn3c2CC(N)=O)c2ccc(=O)[nH]c12. The molecule has 7 heteroatoms. The van der Waals surface area contributed by atoms with Gasteiger partial charge in [0.15, 0.2) is 0 Å². The largest absolute Gasteiger partial charge is 0.495 e. The van der Waals surface area contributed by atoms with Crippen molar-refractivity contribution in [2.45, 2.75) is 6.42 Å². The highest BCUT2D eigenvalue weighted by molar-refractivity contribution is 5.98. The molecule has 0 aliphatic rings. The maximum atomic E-state index is 11.8. The number of aromatic nitrogens is 3. The van der Waals surface area contributed by atoms with Crippen molar-refractivity contribution in [2.24, 2.45) is 5.73 Å². The Labute approximate surface area is 148 Å². The molecule has 3 N–H and O–H groups in total. The van der Waals surface area contributed by atoms with E-state index in [9.17, 15) is 9.59 Å². The van der Waals surface area contributed by atoms with Crippen LogP contribution in [0.25, 0.3) is 27.8 Å². The van der Waals surface area contributed by atoms with Crippen molar-refractivity contribution >= 4 is 22.5 Å². The van der Waals surface area contributed by atoms with Crippen LogP contribution in [-0.4, -0.2) is 27.4 Å². The third kappa shape index (κ3) is 2.50. The lowest BCUT2D eigenvalue weighted by molar-refractivity contribution is -0.117. The number of ether oxygens (including phenoxy) is 1. The van der Waals surface area contributed by atoms with Crippen LogP contribution in [0.2, 0.25) is 0 Å². The minimum Gasteiger partial charge on any atom is -0.495 e. The first kappa shape index (κ1) is 15.9. The normalized spacial score (nSPS) is 11.1. The highest BCUT2D eigenvalue weighted by atomic mass is 16.5. The summed E-state index contributed by atoms with van der Waals surface area (Å²) in [7, 11) is 1.54. The van der Waals surface area contributed by atoms with Crippen molar-refractivity contribution in [3.63, 3.8) is 0 Å². The van der Waals surface area contributed by atoms with Crippen molar-refractivity contribution < 1.29 is 9.53 Å². The van der Waals surface area contributed by atoms with E-state index < -0.39 is 5.91 Å². The molecule has 0 saturated carbocycles. The lowest BCUT2D eigenvalue weighted by Gasteiger charge is -2.10. The number of imidazole rings is 1. The van der Waals surface area contributed by atoms with E-state index >= 15 is 0 Å². The molecule has 0 spiro atoms. The number of hydrogen-bond donors (Lipinski definition) is 2. The van der Waals surface area contributed by atoms with Crippen LogP contribution in [0.3, 0.4) is 0 Å². The van der Waals surface area contributed by atoms with Crippen molar-refractivity contribution in [1.29, 1.82) is 0 Å². The number of rotatable bonds is 4. The zero-order valence-corrected chi connectivity index (χ0v) is 14.0. The third-order valence-corrected chi connectivity index (χ3v) is 4.30. The lowest BCUT2D eigenvalue weighted by Crippen LogP contribution is -2.15. The van der Waals surface area contributed by atoms with Gasteiger partial charge in [0.05, 0.1) is 30.4 Å². The first-order valence-electron chi connectivity index (χ1n) is 8.03. The molecule has 0 bridgehead atoms. The number of amides is 1. The van der Waals surface area contributed by atoms with Gasteiger partial charge in [0.1, 0.15) is 11.4 Å². The number of hydrogen-bond acceptors (Lipinski definition) is 4. The van der Waals surface area contributed by atoms with Crippen LogP contribution < -0.4 is 16.0 Å². The van der Waals surface area contributed by atoms with E-state index in [4.69, 9.17) is 10.5 Å². The molecular weight excluding hydrogens is 332 g/mol. The van der Waals surface area contributed by atoms with E-state index in [0.717, 1.165) is 10.9 Å². The number of carbonyl (C=O) groups is 1. The number of primary amides is 1. The average Bonchev–Trinajstić information content (AvgIpc) is 2.98. The number of carbonyl (C=O) groups excluding carboxylic acids is 1. The predicted octanol–water partition coefficient (Wildman–Crippen LogP) is 1.88. The summed E-state index contributed by atoms with van der Waals surface area (Å²) in [5.41, 5.74) is 8.66. The number of methoxy groups -OCH3 is 1. The second-order valence-corrected chi connectivity index (χ2v) is 5.91. The number of fused-ring (bicyclic) bond motifs is 2. The summed E-state index contributed by atoms with van der Waals surface area (Å²) in [5.74, 6) is 0.116. The second-order valence-electron chi connectivity index (χ2n) is 5.91. The molecular formula is C19H16N4O3. The molecule has 0 fully saturated rings. The van der Waals surface area contributed by atoms with E-state index in [1.807, 2.05) is 34.9 Å². The van der Waals surface area contributed by atoms with Gasteiger partial charge in [0.25, 0.3) is 0 Å². The molecule has 4 aromatic rings. The van der Waals surface area contributed by atoms with Crippen molar-refractivity contribution in [2.75, 3.05) is 7.11 Å². The Morgan fingerprint density at radius 1 is 1.23 bits per heavy atom. The van der Waals surface area contributed by atoms with Crippen molar-refractivity contribution in [3.8, 4) is 17.0 Å². The maximum Gasteiger partial charge on any atom is 0.248 e. The van der Waals surface area contributed by atoms with E-state index in [1.165, 1.54) is 6.07 Å². The molecule has 7 nitrogen and oxygen atoms in total. The number of benzene rings is 1. The topological polar surface area (TPSA) is 102 Å². The standard InChI is InChI=1S/C19H16N4O3/c1-26-14-7-5-11(12-6-8-17(25)22-19(12)14)18-13(10-15(20)24)23-9-3-2-4-16(23)21-18/h2-9H,10H2,1H3,(H2,20,24)(H,22,25). The minimum absolute atomic E-state index is 0.0530. The Morgan fingerprint density at radius 2 is 2.08 bits per heavy atom. The first-order chi connectivity index (χ1) is 12.6. The molecule has 130 valence electrons. The van der Waals surface area contributed by atoms with Crippen LogP contribution in [0, 0.1) is 0 Å². The molecule has 0 aliphatic heterocycles. The van der Waals surface area contributed by atoms with Gasteiger partial charge in [-0.15, -0.1) is 0 Å². The molecule has 26 heavy (non-hydrogen) atoms. The quantitative estimate of drug-likeness (QED) is 0.588. The summed E-state index contributed by atoms with van der Waals surface area (Å²) in [6.45, 7) is 0. The number of pyridine rings is 2. The van der Waals surface area contributed by atoms with E-state index in [1.54, 1.807) is 19.2 Å². The Kier molecular flexibility index (Phi) is 3.69. The highest BCUT2D eigenvalue weighted by Gasteiger charge is 2.19. The summed E-state index contributed by atoms with van der Waals surface area (Å²) in [6.07, 6.45) is 1.90. The fourth-order valence-corrected chi connectivity index (χ4v) is 3.20. The second kappa shape index (κ2) is 6.03. The Morgan fingerprint density at radius 3 is 2.85 bits per heavy atom. The van der Waals surface area contributed by atoms with Gasteiger partial charge in [-0.1, -0.05) is 6.07 Å². The van der Waals surface area contributed by atoms with Gasteiger partial charge in [0, 0.05) is 23.2 Å². The molecule has 1 aromatic carbocycles. The van der Waals surface area contributed by atoms with E-state index in [0.29, 0.717) is 28.3 Å². The van der Waals surface area contributed by atoms with Crippen molar-refractivity contribution in [3.05, 3.63) is 64.7 Å². The number of nitrogens with zero attached hydrogens (tertiary/aromatic N) is 2. The molecule has 0 atom stereocenters. The van der Waals surface area contributed by atoms with Gasteiger partial charge in [-0.3, -0.25) is 9.59 Å². The smallest absolute Gasteiger partial charge is 0.248 e. The van der Waals surface area contributed by atoms with Gasteiger partial charge < -0.3 is 19.9 Å². The predicted molar refractivity (Wildman–Crippen MR) is 98.2 cm³/mol. The Balaban J connectivity index is 2.07. The van der Waals surface area contributed by atoms with Crippen molar-refractivity contribution in [1.82, 2.24) is 14.4 Å². The molecule has 1 amide bonds. The molecule has 0 radical (unpaired) electrons. The van der Waals surface area contributed by atoms with E-state index in [2.05, 4.69) is 9.97 Å². The van der Waals surface area contributed by atoms with Gasteiger partial charge in [0.2, 0.25) is 11.5 Å². The summed E-state index contributed by atoms with van der Waals surface area (Å²) in [5, 5.41) is 0.776. The zero-order valence-electron chi connectivity index (χ0n) is 14.0. The Hall–Kier alpha value is -3.61. The van der Waals surface area contributed by atoms with Crippen LogP contribution in [0.1, 0.15) is 5.69 Å². The fourth-order valence-electron chi connectivity index (χ4n) is 3.20. The maximum absolute atomic E-state index is 11.8. The number of nitrogens with two attached hydrogens (primary N) is 1. The summed E-state index contributed by atoms with van der Waals surface area (Å²) >= 11 is 0. The van der Waals surface area contributed by atoms with E-state index in [-0.39, 0.29) is 12.0 Å². The molecule has 4 rings (SSSR count). The number of nitrogens with one attached hydrogen (secondary N) is 1. The lowest BCUT2D eigenvalue weighted by atomic mass is 10.0. The molecule has 3 aromatic heterocycles. The van der Waals surface area contributed by atoms with Crippen LogP contribution in [0.5, 0.6) is 5.75 Å². The van der Waals surface area contributed by atoms with Gasteiger partial charge in [-0.25, -0.2) is 4.98 Å². The summed E-state index contributed by atoms with van der Waals surface area (Å²) < 4.78 is 7.21. The first-order valence-corrected chi connectivity index (χ1v) is 8.03. The fraction of sp³-hybridized carbons (Fsp3) is 0.105. The van der Waals surface area contributed by atoms with Crippen LogP contribution >= 0.6 is 0 Å². The molecule has 3 heterocycles. The molecule has 0 aliphatic carbocycles. The number of aromatic amines is 1. The highest BCUT2D eigenvalue weighted by Crippen LogP contribution is 2.34.